The Balaban J connectivity index is -0.000000405. The highest BCUT2D eigenvalue weighted by atomic mass is 16.6. The van der Waals surface area contributed by atoms with Gasteiger partial charge in [0.1, 0.15) is 19.3 Å². The molecule has 0 heterocycles. The summed E-state index contributed by atoms with van der Waals surface area (Å²) in [5.41, 5.74) is 0. The second-order valence-corrected chi connectivity index (χ2v) is 4.17. The van der Waals surface area contributed by atoms with Crippen LogP contribution in [0.15, 0.2) is 0 Å². The van der Waals surface area contributed by atoms with Crippen LogP contribution < -0.4 is 0 Å². The van der Waals surface area contributed by atoms with E-state index in [0.29, 0.717) is 0 Å². The molecule has 0 spiro atoms. The molecule has 0 amide bonds. The molecular weight excluding hydrogens is 328 g/mol. The van der Waals surface area contributed by atoms with Gasteiger partial charge in [0, 0.05) is 27.4 Å². The third-order valence-corrected chi connectivity index (χ3v) is 1.70. The third-order valence-electron chi connectivity index (χ3n) is 1.70. The molecule has 0 aromatic carbocycles. The minimum atomic E-state index is -0.954. The predicted molar refractivity (Wildman–Crippen MR) is 81.8 cm³/mol. The molecular formula is C14H28O10. The summed E-state index contributed by atoms with van der Waals surface area (Å²) >= 11 is 0. The SMILES string of the molecule is CC(=O)OCC(COC(C)=O)OC(C)=O.CCO.OCC(O)CO. The van der Waals surface area contributed by atoms with Gasteiger partial charge < -0.3 is 34.6 Å². The van der Waals surface area contributed by atoms with Crippen molar-refractivity contribution in [1.29, 1.82) is 0 Å². The topological polar surface area (TPSA) is 160 Å². The van der Waals surface area contributed by atoms with Crippen molar-refractivity contribution >= 4 is 17.9 Å². The average molecular weight is 356 g/mol. The van der Waals surface area contributed by atoms with Crippen molar-refractivity contribution in [2.45, 2.75) is 39.9 Å². The molecule has 10 nitrogen and oxygen atoms in total. The summed E-state index contributed by atoms with van der Waals surface area (Å²) < 4.78 is 14.0. The maximum absolute atomic E-state index is 10.6. The molecule has 0 aromatic heterocycles. The van der Waals surface area contributed by atoms with Crippen LogP contribution in [0.2, 0.25) is 0 Å². The van der Waals surface area contributed by atoms with Gasteiger partial charge in [-0.2, -0.15) is 0 Å². The van der Waals surface area contributed by atoms with E-state index < -0.39 is 30.1 Å². The van der Waals surface area contributed by atoms with Crippen LogP contribution in [0.1, 0.15) is 27.7 Å². The van der Waals surface area contributed by atoms with Crippen molar-refractivity contribution in [3.63, 3.8) is 0 Å². The Kier molecular flexibility index (Phi) is 21.8. The first-order valence-electron chi connectivity index (χ1n) is 7.08. The van der Waals surface area contributed by atoms with Crippen LogP contribution in [0.3, 0.4) is 0 Å². The second kappa shape index (κ2) is 19.3. The zero-order valence-corrected chi connectivity index (χ0v) is 14.4. The Hall–Kier alpha value is -1.75. The van der Waals surface area contributed by atoms with Gasteiger partial charge in [-0.25, -0.2) is 0 Å². The first-order chi connectivity index (χ1) is 11.1. The zero-order valence-electron chi connectivity index (χ0n) is 14.4. The van der Waals surface area contributed by atoms with E-state index in [1.165, 1.54) is 20.8 Å². The number of carbonyl (C=O) groups is 3. The molecule has 0 bridgehead atoms. The van der Waals surface area contributed by atoms with Gasteiger partial charge in [0.25, 0.3) is 0 Å². The molecule has 10 heteroatoms. The van der Waals surface area contributed by atoms with Crippen molar-refractivity contribution in [3.05, 3.63) is 0 Å². The van der Waals surface area contributed by atoms with E-state index in [1.807, 2.05) is 0 Å². The molecule has 0 unspecified atom stereocenters. The summed E-state index contributed by atoms with van der Waals surface area (Å²) in [6.07, 6.45) is -1.71. The predicted octanol–water partition coefficient (Wildman–Crippen LogP) is -1.63. The van der Waals surface area contributed by atoms with E-state index in [-0.39, 0.29) is 33.0 Å². The number of hydrogen-bond acceptors (Lipinski definition) is 10. The lowest BCUT2D eigenvalue weighted by Gasteiger charge is -2.15. The second-order valence-electron chi connectivity index (χ2n) is 4.17. The summed E-state index contributed by atoms with van der Waals surface area (Å²) in [7, 11) is 0. The van der Waals surface area contributed by atoms with E-state index in [1.54, 1.807) is 6.92 Å². The summed E-state index contributed by atoms with van der Waals surface area (Å²) in [5.74, 6) is -1.51. The first-order valence-corrected chi connectivity index (χ1v) is 7.08. The van der Waals surface area contributed by atoms with E-state index in [4.69, 9.17) is 25.2 Å². The standard InChI is InChI=1S/C9H14O6.C3H8O3.C2H6O/c1-6(10)13-4-9(15-8(3)12)5-14-7(2)11;4-1-3(6)2-5;1-2-3/h9H,4-5H2,1-3H3;3-6H,1-2H2;3H,2H2,1H3. The Morgan fingerprint density at radius 2 is 1.17 bits per heavy atom. The summed E-state index contributed by atoms with van der Waals surface area (Å²) in [5, 5.41) is 31.6. The van der Waals surface area contributed by atoms with Crippen molar-refractivity contribution in [3.8, 4) is 0 Å². The highest BCUT2D eigenvalue weighted by Gasteiger charge is 2.15. The molecule has 0 aliphatic heterocycles. The van der Waals surface area contributed by atoms with E-state index >= 15 is 0 Å². The maximum atomic E-state index is 10.6. The summed E-state index contributed by atoms with van der Waals surface area (Å²) in [4.78, 5) is 31.6. The van der Waals surface area contributed by atoms with E-state index in [9.17, 15) is 14.4 Å². The van der Waals surface area contributed by atoms with Crippen molar-refractivity contribution < 1.29 is 49.0 Å². The molecule has 0 radical (unpaired) electrons. The number of esters is 3. The fraction of sp³-hybridized carbons (Fsp3) is 0.786. The summed E-state index contributed by atoms with van der Waals surface area (Å²) in [6.45, 7) is 4.64. The molecule has 0 aromatic rings. The van der Waals surface area contributed by atoms with Gasteiger partial charge >= 0.3 is 17.9 Å². The van der Waals surface area contributed by atoms with Crippen LogP contribution in [0.25, 0.3) is 0 Å². The van der Waals surface area contributed by atoms with Crippen molar-refractivity contribution in [1.82, 2.24) is 0 Å². The van der Waals surface area contributed by atoms with Gasteiger partial charge in [-0.3, -0.25) is 14.4 Å². The third kappa shape index (κ3) is 28.4. The minimum absolute atomic E-state index is 0.123. The largest absolute Gasteiger partial charge is 0.462 e. The Morgan fingerprint density at radius 1 is 0.833 bits per heavy atom. The van der Waals surface area contributed by atoms with Crippen molar-refractivity contribution in [2.24, 2.45) is 0 Å². The number of carbonyl (C=O) groups excluding carboxylic acids is 3. The van der Waals surface area contributed by atoms with Crippen LogP contribution in [0, 0.1) is 0 Å². The lowest BCUT2D eigenvalue weighted by molar-refractivity contribution is -0.163. The number of aliphatic hydroxyl groups excluding tert-OH is 4. The van der Waals surface area contributed by atoms with Crippen molar-refractivity contribution in [2.75, 3.05) is 33.0 Å². The highest BCUT2D eigenvalue weighted by Crippen LogP contribution is 1.97. The molecule has 0 saturated carbocycles. The Bertz CT molecular complexity index is 310. The molecule has 24 heavy (non-hydrogen) atoms. The first kappa shape index (κ1) is 27.1. The number of hydrogen-bond donors (Lipinski definition) is 4. The van der Waals surface area contributed by atoms with E-state index in [2.05, 4.69) is 9.47 Å². The number of ether oxygens (including phenoxy) is 3. The molecule has 144 valence electrons. The Labute approximate surface area is 140 Å². The van der Waals surface area contributed by atoms with Gasteiger partial charge in [0.05, 0.1) is 13.2 Å². The maximum Gasteiger partial charge on any atom is 0.303 e. The summed E-state index contributed by atoms with van der Waals surface area (Å²) in [6, 6.07) is 0. The smallest absolute Gasteiger partial charge is 0.303 e. The van der Waals surface area contributed by atoms with Crippen LogP contribution in [0.4, 0.5) is 0 Å². The lowest BCUT2D eigenvalue weighted by atomic mass is 10.4. The van der Waals surface area contributed by atoms with E-state index in [0.717, 1.165) is 0 Å². The fourth-order valence-electron chi connectivity index (χ4n) is 0.829. The quantitative estimate of drug-likeness (QED) is 0.308. The average Bonchev–Trinajstić information content (AvgIpc) is 2.50. The number of aliphatic hydroxyl groups is 4. The van der Waals surface area contributed by atoms with Gasteiger partial charge in [-0.1, -0.05) is 0 Å². The van der Waals surface area contributed by atoms with Gasteiger partial charge in [-0.05, 0) is 6.92 Å². The van der Waals surface area contributed by atoms with Gasteiger partial charge in [0.15, 0.2) is 6.10 Å². The molecule has 0 aliphatic rings. The Morgan fingerprint density at radius 3 is 1.33 bits per heavy atom. The van der Waals surface area contributed by atoms with Crippen LogP contribution in [-0.2, 0) is 28.6 Å². The minimum Gasteiger partial charge on any atom is -0.462 e. The normalized spacial score (nSPS) is 9.25. The lowest BCUT2D eigenvalue weighted by Crippen LogP contribution is -2.29. The molecule has 0 rings (SSSR count). The molecule has 0 saturated heterocycles. The van der Waals surface area contributed by atoms with Gasteiger partial charge in [0.2, 0.25) is 0 Å². The molecule has 0 fully saturated rings. The van der Waals surface area contributed by atoms with Crippen LogP contribution >= 0.6 is 0 Å². The molecule has 4 N–H and O–H groups in total. The fourth-order valence-corrected chi connectivity index (χ4v) is 0.829. The molecule has 0 aliphatic carbocycles. The molecule has 0 atom stereocenters. The monoisotopic (exact) mass is 356 g/mol. The number of rotatable bonds is 7. The van der Waals surface area contributed by atoms with Gasteiger partial charge in [-0.15, -0.1) is 0 Å². The highest BCUT2D eigenvalue weighted by molar-refractivity contribution is 5.67. The van der Waals surface area contributed by atoms with Crippen LogP contribution in [-0.4, -0.2) is 83.6 Å². The van der Waals surface area contributed by atoms with Crippen LogP contribution in [0.5, 0.6) is 0 Å². The zero-order chi connectivity index (χ0) is 19.5.